The predicted octanol–water partition coefficient (Wildman–Crippen LogP) is 3.08. The lowest BCUT2D eigenvalue weighted by atomic mass is 9.84. The molecule has 0 aromatic rings. The SMILES string of the molecule is CC1(C)C=CC(CCOP(=O)(N2CCOCC2)N2CCOCC2)=CC1. The molecule has 3 rings (SSSR count). The highest BCUT2D eigenvalue weighted by atomic mass is 31.2. The number of ether oxygens (including phenoxy) is 2. The van der Waals surface area contributed by atoms with Gasteiger partial charge in [-0.15, -0.1) is 0 Å². The molecule has 2 heterocycles. The molecule has 0 saturated carbocycles. The average molecular weight is 370 g/mol. The minimum Gasteiger partial charge on any atom is -0.379 e. The summed E-state index contributed by atoms with van der Waals surface area (Å²) in [4.78, 5) is 0. The van der Waals surface area contributed by atoms with Crippen molar-refractivity contribution in [3.63, 3.8) is 0 Å². The highest BCUT2D eigenvalue weighted by Crippen LogP contribution is 2.54. The molecule has 0 unspecified atom stereocenters. The van der Waals surface area contributed by atoms with E-state index in [1.165, 1.54) is 5.57 Å². The number of morpholine rings is 2. The molecule has 2 fully saturated rings. The van der Waals surface area contributed by atoms with Crippen LogP contribution in [0.2, 0.25) is 0 Å². The molecule has 0 aromatic carbocycles. The summed E-state index contributed by atoms with van der Waals surface area (Å²) < 4.78 is 34.6. The van der Waals surface area contributed by atoms with Crippen LogP contribution in [0.3, 0.4) is 0 Å². The molecule has 2 saturated heterocycles. The van der Waals surface area contributed by atoms with Crippen molar-refractivity contribution in [1.82, 2.24) is 9.34 Å². The van der Waals surface area contributed by atoms with Crippen molar-refractivity contribution in [3.05, 3.63) is 23.8 Å². The third kappa shape index (κ3) is 5.03. The number of nitrogens with zero attached hydrogens (tertiary/aromatic N) is 2. The van der Waals surface area contributed by atoms with E-state index < -0.39 is 7.67 Å². The maximum Gasteiger partial charge on any atom is 0.346 e. The summed E-state index contributed by atoms with van der Waals surface area (Å²) in [6.45, 7) is 10.0. The van der Waals surface area contributed by atoms with E-state index in [2.05, 4.69) is 32.1 Å². The summed E-state index contributed by atoms with van der Waals surface area (Å²) in [5, 5.41) is 0. The van der Waals surface area contributed by atoms with Crippen LogP contribution in [-0.2, 0) is 18.6 Å². The first-order valence-electron chi connectivity index (χ1n) is 9.29. The van der Waals surface area contributed by atoms with Crippen LogP contribution in [-0.4, -0.2) is 68.6 Å². The van der Waals surface area contributed by atoms with Crippen LogP contribution in [0.4, 0.5) is 0 Å². The Morgan fingerprint density at radius 2 is 1.64 bits per heavy atom. The van der Waals surface area contributed by atoms with Crippen LogP contribution in [0.25, 0.3) is 0 Å². The Bertz CT molecular complexity index is 527. The Hall–Kier alpha value is -0.490. The van der Waals surface area contributed by atoms with Gasteiger partial charge in [-0.2, -0.15) is 0 Å². The Kier molecular flexibility index (Phi) is 6.53. The van der Waals surface area contributed by atoms with Crippen LogP contribution >= 0.6 is 7.67 Å². The summed E-state index contributed by atoms with van der Waals surface area (Å²) in [6.07, 6.45) is 8.56. The normalized spacial score (nSPS) is 25.8. The maximum atomic E-state index is 13.7. The first-order valence-corrected chi connectivity index (χ1v) is 10.8. The average Bonchev–Trinajstić information content (AvgIpc) is 2.64. The van der Waals surface area contributed by atoms with Crippen molar-refractivity contribution in [2.75, 3.05) is 59.2 Å². The molecule has 3 aliphatic rings. The molecular formula is C18H31N2O4P. The van der Waals surface area contributed by atoms with Gasteiger partial charge in [0.25, 0.3) is 0 Å². The topological polar surface area (TPSA) is 51.2 Å². The monoisotopic (exact) mass is 370 g/mol. The van der Waals surface area contributed by atoms with Gasteiger partial charge in [0.2, 0.25) is 0 Å². The van der Waals surface area contributed by atoms with Gasteiger partial charge < -0.3 is 14.0 Å². The van der Waals surface area contributed by atoms with Crippen molar-refractivity contribution in [2.24, 2.45) is 5.41 Å². The maximum absolute atomic E-state index is 13.7. The van der Waals surface area contributed by atoms with Crippen molar-refractivity contribution in [1.29, 1.82) is 0 Å². The lowest BCUT2D eigenvalue weighted by molar-refractivity contribution is 0.0378. The number of rotatable bonds is 6. The number of allylic oxidation sites excluding steroid dienone is 3. The Labute approximate surface area is 151 Å². The van der Waals surface area contributed by atoms with E-state index in [4.69, 9.17) is 14.0 Å². The van der Waals surface area contributed by atoms with E-state index >= 15 is 0 Å². The molecule has 0 amide bonds. The quantitative estimate of drug-likeness (QED) is 0.670. The van der Waals surface area contributed by atoms with Gasteiger partial charge in [-0.25, -0.2) is 9.34 Å². The summed E-state index contributed by atoms with van der Waals surface area (Å²) in [7, 11) is -3.01. The molecule has 142 valence electrons. The third-order valence-corrected chi connectivity index (χ3v) is 7.73. The third-order valence-electron chi connectivity index (χ3n) is 4.98. The van der Waals surface area contributed by atoms with Crippen LogP contribution in [0.1, 0.15) is 26.7 Å². The summed E-state index contributed by atoms with van der Waals surface area (Å²) in [6, 6.07) is 0. The van der Waals surface area contributed by atoms with Crippen molar-refractivity contribution in [2.45, 2.75) is 26.7 Å². The second kappa shape index (κ2) is 8.47. The molecule has 7 heteroatoms. The Morgan fingerprint density at radius 1 is 1.08 bits per heavy atom. The summed E-state index contributed by atoms with van der Waals surface area (Å²) >= 11 is 0. The molecule has 2 aliphatic heterocycles. The molecule has 25 heavy (non-hydrogen) atoms. The van der Waals surface area contributed by atoms with Gasteiger partial charge in [0.1, 0.15) is 0 Å². The van der Waals surface area contributed by atoms with Crippen LogP contribution < -0.4 is 0 Å². The second-order valence-electron chi connectivity index (χ2n) is 7.51. The fraction of sp³-hybridized carbons (Fsp3) is 0.778. The van der Waals surface area contributed by atoms with Gasteiger partial charge in [0.15, 0.2) is 0 Å². The highest BCUT2D eigenvalue weighted by molar-refractivity contribution is 7.54. The fourth-order valence-corrected chi connectivity index (χ4v) is 5.64. The number of hydrogen-bond acceptors (Lipinski definition) is 4. The minimum atomic E-state index is -3.01. The second-order valence-corrected chi connectivity index (χ2v) is 9.88. The van der Waals surface area contributed by atoms with E-state index in [-0.39, 0.29) is 5.41 Å². The van der Waals surface area contributed by atoms with Gasteiger partial charge in [-0.1, -0.05) is 32.1 Å². The smallest absolute Gasteiger partial charge is 0.346 e. The minimum absolute atomic E-state index is 0.237. The zero-order valence-corrected chi connectivity index (χ0v) is 16.4. The van der Waals surface area contributed by atoms with Crippen molar-refractivity contribution in [3.8, 4) is 0 Å². The van der Waals surface area contributed by atoms with Crippen molar-refractivity contribution >= 4 is 7.67 Å². The van der Waals surface area contributed by atoms with Gasteiger partial charge in [0, 0.05) is 26.2 Å². The Morgan fingerprint density at radius 3 is 2.12 bits per heavy atom. The fourth-order valence-electron chi connectivity index (χ4n) is 3.29. The van der Waals surface area contributed by atoms with Crippen molar-refractivity contribution < 1.29 is 18.6 Å². The standard InChI is InChI=1S/C18H31N2O4P/c1-18(2)6-3-17(4-7-18)5-12-24-25(21,19-8-13-22-14-9-19)20-10-15-23-16-11-20/h3-4,6H,5,7-16H2,1-2H3. The lowest BCUT2D eigenvalue weighted by Gasteiger charge is -2.41. The van der Waals surface area contributed by atoms with Crippen LogP contribution in [0.15, 0.2) is 23.8 Å². The first kappa shape index (κ1) is 19.3. The highest BCUT2D eigenvalue weighted by Gasteiger charge is 2.40. The molecule has 0 aromatic heterocycles. The molecular weight excluding hydrogens is 339 g/mol. The van der Waals surface area contributed by atoms with E-state index in [1.54, 1.807) is 0 Å². The Balaban J connectivity index is 1.60. The molecule has 0 radical (unpaired) electrons. The molecule has 0 bridgehead atoms. The van der Waals surface area contributed by atoms with Gasteiger partial charge in [-0.3, -0.25) is 4.57 Å². The van der Waals surface area contributed by atoms with E-state index in [9.17, 15) is 4.57 Å². The van der Waals surface area contributed by atoms with E-state index in [0.29, 0.717) is 59.2 Å². The molecule has 0 spiro atoms. The van der Waals surface area contributed by atoms with Crippen LogP contribution in [0, 0.1) is 5.41 Å². The first-order chi connectivity index (χ1) is 12.0. The van der Waals surface area contributed by atoms with E-state index in [0.717, 1.165) is 12.8 Å². The molecule has 0 atom stereocenters. The van der Waals surface area contributed by atoms with Gasteiger partial charge in [0.05, 0.1) is 33.0 Å². The molecule has 6 nitrogen and oxygen atoms in total. The van der Waals surface area contributed by atoms with Gasteiger partial charge in [-0.05, 0) is 23.8 Å². The van der Waals surface area contributed by atoms with Gasteiger partial charge >= 0.3 is 7.67 Å². The summed E-state index contributed by atoms with van der Waals surface area (Å²) in [5.74, 6) is 0. The summed E-state index contributed by atoms with van der Waals surface area (Å²) in [5.41, 5.74) is 1.51. The zero-order chi connectivity index (χ0) is 17.8. The lowest BCUT2D eigenvalue weighted by Crippen LogP contribution is -2.43. The van der Waals surface area contributed by atoms with E-state index in [1.807, 2.05) is 9.34 Å². The molecule has 0 N–H and O–H groups in total. The largest absolute Gasteiger partial charge is 0.379 e. The predicted molar refractivity (Wildman–Crippen MR) is 98.6 cm³/mol. The van der Waals surface area contributed by atoms with Crippen LogP contribution in [0.5, 0.6) is 0 Å². The number of hydrogen-bond donors (Lipinski definition) is 0. The zero-order valence-electron chi connectivity index (χ0n) is 15.5. The molecule has 1 aliphatic carbocycles.